The van der Waals surface area contributed by atoms with Crippen molar-refractivity contribution in [3.8, 4) is 5.75 Å². The monoisotopic (exact) mass is 246 g/mol. The molecule has 3 rings (SSSR count). The fourth-order valence-corrected chi connectivity index (χ4v) is 2.82. The fourth-order valence-electron chi connectivity index (χ4n) is 2.82. The van der Waals surface area contributed by atoms with Crippen molar-refractivity contribution in [3.05, 3.63) is 23.8 Å². The van der Waals surface area contributed by atoms with Gasteiger partial charge in [0.05, 0.1) is 18.7 Å². The van der Waals surface area contributed by atoms with Gasteiger partial charge in [0.25, 0.3) is 0 Å². The third-order valence-corrected chi connectivity index (χ3v) is 3.91. The lowest BCUT2D eigenvalue weighted by molar-refractivity contribution is -0.116. The van der Waals surface area contributed by atoms with E-state index in [2.05, 4.69) is 5.32 Å². The maximum absolute atomic E-state index is 11.5. The van der Waals surface area contributed by atoms with E-state index in [-0.39, 0.29) is 11.4 Å². The standard InChI is InChI=1S/C14H18N2O2/c15-14(6-1-2-7-14)10-3-4-12-11(9-10)16-13(17)5-8-18-12/h3-4,9H,1-2,5-8,15H2,(H,16,17). The van der Waals surface area contributed by atoms with Gasteiger partial charge < -0.3 is 15.8 Å². The van der Waals surface area contributed by atoms with Crippen LogP contribution in [-0.2, 0) is 10.3 Å². The summed E-state index contributed by atoms with van der Waals surface area (Å²) in [5.41, 5.74) is 8.06. The molecule has 0 saturated heterocycles. The lowest BCUT2D eigenvalue weighted by atomic mass is 9.89. The molecule has 0 spiro atoms. The molecule has 0 radical (unpaired) electrons. The van der Waals surface area contributed by atoms with Crippen molar-refractivity contribution < 1.29 is 9.53 Å². The Morgan fingerprint density at radius 1 is 1.28 bits per heavy atom. The van der Waals surface area contributed by atoms with Gasteiger partial charge in [0, 0.05) is 5.54 Å². The number of hydrogen-bond acceptors (Lipinski definition) is 3. The molecule has 3 N–H and O–H groups in total. The quantitative estimate of drug-likeness (QED) is 0.798. The van der Waals surface area contributed by atoms with Crippen LogP contribution >= 0.6 is 0 Å². The molecule has 1 aliphatic carbocycles. The average molecular weight is 246 g/mol. The van der Waals surface area contributed by atoms with Gasteiger partial charge in [0.15, 0.2) is 0 Å². The summed E-state index contributed by atoms with van der Waals surface area (Å²) < 4.78 is 5.55. The summed E-state index contributed by atoms with van der Waals surface area (Å²) in [6, 6.07) is 5.93. The molecule has 2 aliphatic rings. The van der Waals surface area contributed by atoms with E-state index in [9.17, 15) is 4.79 Å². The van der Waals surface area contributed by atoms with Crippen LogP contribution in [0.2, 0.25) is 0 Å². The highest BCUT2D eigenvalue weighted by Crippen LogP contribution is 2.39. The zero-order valence-corrected chi connectivity index (χ0v) is 10.4. The molecule has 4 heteroatoms. The Kier molecular flexibility index (Phi) is 2.74. The summed E-state index contributed by atoms with van der Waals surface area (Å²) in [7, 11) is 0. The van der Waals surface area contributed by atoms with Gasteiger partial charge in [0.1, 0.15) is 5.75 Å². The van der Waals surface area contributed by atoms with Gasteiger partial charge in [-0.15, -0.1) is 0 Å². The number of carbonyl (C=O) groups excluding carboxylic acids is 1. The Balaban J connectivity index is 1.97. The van der Waals surface area contributed by atoms with Crippen molar-refractivity contribution in [2.75, 3.05) is 11.9 Å². The third-order valence-electron chi connectivity index (χ3n) is 3.91. The number of fused-ring (bicyclic) bond motifs is 1. The van der Waals surface area contributed by atoms with Gasteiger partial charge in [-0.05, 0) is 30.5 Å². The number of benzene rings is 1. The maximum atomic E-state index is 11.5. The van der Waals surface area contributed by atoms with E-state index in [1.54, 1.807) is 0 Å². The molecule has 1 aliphatic heterocycles. The van der Waals surface area contributed by atoms with Crippen molar-refractivity contribution in [3.63, 3.8) is 0 Å². The first-order chi connectivity index (χ1) is 8.67. The van der Waals surface area contributed by atoms with Gasteiger partial charge in [-0.2, -0.15) is 0 Å². The van der Waals surface area contributed by atoms with Gasteiger partial charge in [-0.25, -0.2) is 0 Å². The number of nitrogens with two attached hydrogens (primary N) is 1. The molecule has 1 heterocycles. The predicted molar refractivity (Wildman–Crippen MR) is 69.5 cm³/mol. The Morgan fingerprint density at radius 2 is 2.06 bits per heavy atom. The summed E-state index contributed by atoms with van der Waals surface area (Å²) in [6.45, 7) is 0.436. The van der Waals surface area contributed by atoms with Crippen molar-refractivity contribution in [1.82, 2.24) is 0 Å². The van der Waals surface area contributed by atoms with Crippen LogP contribution in [0.15, 0.2) is 18.2 Å². The Hall–Kier alpha value is -1.55. The number of rotatable bonds is 1. The highest BCUT2D eigenvalue weighted by molar-refractivity contribution is 5.93. The minimum Gasteiger partial charge on any atom is -0.491 e. The highest BCUT2D eigenvalue weighted by atomic mass is 16.5. The van der Waals surface area contributed by atoms with Crippen LogP contribution in [0.1, 0.15) is 37.7 Å². The maximum Gasteiger partial charge on any atom is 0.227 e. The molecule has 1 fully saturated rings. The number of hydrogen-bond donors (Lipinski definition) is 2. The lowest BCUT2D eigenvalue weighted by Crippen LogP contribution is -2.33. The third kappa shape index (κ3) is 1.97. The van der Waals surface area contributed by atoms with E-state index in [0.29, 0.717) is 13.0 Å². The van der Waals surface area contributed by atoms with Crippen molar-refractivity contribution in [2.24, 2.45) is 5.73 Å². The average Bonchev–Trinajstić information content (AvgIpc) is 2.70. The summed E-state index contributed by atoms with van der Waals surface area (Å²) >= 11 is 0. The zero-order valence-electron chi connectivity index (χ0n) is 10.4. The van der Waals surface area contributed by atoms with E-state index in [0.717, 1.165) is 29.8 Å². The van der Waals surface area contributed by atoms with Crippen molar-refractivity contribution in [2.45, 2.75) is 37.6 Å². The first kappa shape index (κ1) is 11.5. The molecule has 0 unspecified atom stereocenters. The minimum atomic E-state index is -0.230. The number of amides is 1. The largest absolute Gasteiger partial charge is 0.491 e. The number of nitrogens with one attached hydrogen (secondary N) is 1. The Labute approximate surface area is 107 Å². The SMILES string of the molecule is NC1(c2ccc3c(c2)NC(=O)CCO3)CCCC1. The van der Waals surface area contributed by atoms with Crippen LogP contribution in [0, 0.1) is 0 Å². The molecule has 1 aromatic carbocycles. The lowest BCUT2D eigenvalue weighted by Gasteiger charge is -2.25. The first-order valence-corrected chi connectivity index (χ1v) is 6.53. The van der Waals surface area contributed by atoms with Crippen LogP contribution in [0.3, 0.4) is 0 Å². The second-order valence-corrected chi connectivity index (χ2v) is 5.22. The molecule has 18 heavy (non-hydrogen) atoms. The second kappa shape index (κ2) is 4.28. The molecule has 1 aromatic rings. The van der Waals surface area contributed by atoms with Crippen LogP contribution in [-0.4, -0.2) is 12.5 Å². The van der Waals surface area contributed by atoms with E-state index in [1.807, 2.05) is 18.2 Å². The normalized spacial score (nSPS) is 21.7. The summed E-state index contributed by atoms with van der Waals surface area (Å²) in [5.74, 6) is 0.745. The van der Waals surface area contributed by atoms with E-state index in [4.69, 9.17) is 10.5 Å². The highest BCUT2D eigenvalue weighted by Gasteiger charge is 2.32. The first-order valence-electron chi connectivity index (χ1n) is 6.53. The van der Waals surface area contributed by atoms with Crippen molar-refractivity contribution >= 4 is 11.6 Å². The van der Waals surface area contributed by atoms with Crippen LogP contribution in [0.4, 0.5) is 5.69 Å². The smallest absolute Gasteiger partial charge is 0.227 e. The summed E-state index contributed by atoms with van der Waals surface area (Å²) in [6.07, 6.45) is 4.78. The van der Waals surface area contributed by atoms with Gasteiger partial charge in [0.2, 0.25) is 5.91 Å². The number of anilines is 1. The molecular weight excluding hydrogens is 228 g/mol. The molecular formula is C14H18N2O2. The van der Waals surface area contributed by atoms with E-state index in [1.165, 1.54) is 12.8 Å². The summed E-state index contributed by atoms with van der Waals surface area (Å²) in [5, 5.41) is 2.88. The molecule has 0 aromatic heterocycles. The second-order valence-electron chi connectivity index (χ2n) is 5.22. The predicted octanol–water partition coefficient (Wildman–Crippen LogP) is 2.14. The fraction of sp³-hybridized carbons (Fsp3) is 0.500. The van der Waals surface area contributed by atoms with Gasteiger partial charge in [-0.3, -0.25) is 4.79 Å². The summed E-state index contributed by atoms with van der Waals surface area (Å²) in [4.78, 5) is 11.5. The number of carbonyl (C=O) groups is 1. The van der Waals surface area contributed by atoms with Crippen LogP contribution < -0.4 is 15.8 Å². The van der Waals surface area contributed by atoms with E-state index < -0.39 is 0 Å². The molecule has 0 bridgehead atoms. The minimum absolute atomic E-state index is 0.00314. The van der Waals surface area contributed by atoms with Crippen LogP contribution in [0.5, 0.6) is 5.75 Å². The molecule has 1 saturated carbocycles. The van der Waals surface area contributed by atoms with Crippen LogP contribution in [0.25, 0.3) is 0 Å². The molecule has 0 atom stereocenters. The van der Waals surface area contributed by atoms with Gasteiger partial charge >= 0.3 is 0 Å². The van der Waals surface area contributed by atoms with E-state index >= 15 is 0 Å². The topological polar surface area (TPSA) is 64.3 Å². The van der Waals surface area contributed by atoms with Gasteiger partial charge in [-0.1, -0.05) is 18.9 Å². The number of ether oxygens (including phenoxy) is 1. The molecule has 96 valence electrons. The molecule has 1 amide bonds. The Morgan fingerprint density at radius 3 is 2.83 bits per heavy atom. The van der Waals surface area contributed by atoms with Crippen molar-refractivity contribution in [1.29, 1.82) is 0 Å². The zero-order chi connectivity index (χ0) is 12.6. The molecule has 4 nitrogen and oxygen atoms in total. The Bertz CT molecular complexity index is 479.